The Hall–Kier alpha value is -0.220. The number of halogens is 2. The van der Waals surface area contributed by atoms with Crippen molar-refractivity contribution in [3.05, 3.63) is 0 Å². The van der Waals surface area contributed by atoms with Crippen LogP contribution >= 0.6 is 0 Å². The van der Waals surface area contributed by atoms with Crippen LogP contribution < -0.4 is 0 Å². The van der Waals surface area contributed by atoms with Gasteiger partial charge in [0.1, 0.15) is 0 Å². The van der Waals surface area contributed by atoms with E-state index in [2.05, 4.69) is 25.7 Å². The van der Waals surface area contributed by atoms with Crippen LogP contribution in [0.3, 0.4) is 0 Å². The molecule has 2 nitrogen and oxygen atoms in total. The first kappa shape index (κ1) is 16.6. The van der Waals surface area contributed by atoms with Crippen LogP contribution in [0.4, 0.5) is 8.78 Å². The van der Waals surface area contributed by atoms with Crippen molar-refractivity contribution in [2.24, 2.45) is 5.41 Å². The lowest BCUT2D eigenvalue weighted by Gasteiger charge is -2.52. The summed E-state index contributed by atoms with van der Waals surface area (Å²) in [5.74, 6) is -2.41. The summed E-state index contributed by atoms with van der Waals surface area (Å²) < 4.78 is 26.1. The largest absolute Gasteiger partial charge is 0.298 e. The van der Waals surface area contributed by atoms with Crippen molar-refractivity contribution in [2.45, 2.75) is 83.2 Å². The maximum atomic E-state index is 13.0. The lowest BCUT2D eigenvalue weighted by Crippen LogP contribution is -2.61. The lowest BCUT2D eigenvalue weighted by molar-refractivity contribution is -0.154. The first-order valence-electron chi connectivity index (χ1n) is 9.12. The van der Waals surface area contributed by atoms with Gasteiger partial charge in [-0.05, 0) is 77.3 Å². The van der Waals surface area contributed by atoms with Crippen LogP contribution in [0.25, 0.3) is 0 Å². The van der Waals surface area contributed by atoms with Gasteiger partial charge < -0.3 is 0 Å². The predicted molar refractivity (Wildman–Crippen MR) is 86.4 cm³/mol. The van der Waals surface area contributed by atoms with Gasteiger partial charge in [-0.15, -0.1) is 0 Å². The Labute approximate surface area is 134 Å². The molecule has 0 bridgehead atoms. The first-order valence-corrected chi connectivity index (χ1v) is 9.12. The molecule has 1 saturated carbocycles. The van der Waals surface area contributed by atoms with Gasteiger partial charge in [-0.25, -0.2) is 8.78 Å². The zero-order chi connectivity index (χ0) is 16.0. The Morgan fingerprint density at radius 2 is 1.55 bits per heavy atom. The van der Waals surface area contributed by atoms with Crippen LogP contribution in [-0.4, -0.2) is 53.5 Å². The van der Waals surface area contributed by atoms with Gasteiger partial charge in [0.15, 0.2) is 0 Å². The van der Waals surface area contributed by atoms with E-state index in [0.717, 1.165) is 12.8 Å². The minimum Gasteiger partial charge on any atom is -0.298 e. The molecule has 0 radical (unpaired) electrons. The normalized spacial score (nSPS) is 30.4. The highest BCUT2D eigenvalue weighted by Crippen LogP contribution is 2.47. The van der Waals surface area contributed by atoms with Crippen molar-refractivity contribution in [1.29, 1.82) is 0 Å². The minimum atomic E-state index is -2.41. The zero-order valence-corrected chi connectivity index (χ0v) is 14.5. The van der Waals surface area contributed by atoms with Gasteiger partial charge in [-0.3, -0.25) is 9.80 Å². The van der Waals surface area contributed by atoms with Crippen molar-refractivity contribution >= 4 is 0 Å². The van der Waals surface area contributed by atoms with Gasteiger partial charge >= 0.3 is 0 Å². The number of alkyl halides is 2. The highest BCUT2D eigenvalue weighted by atomic mass is 19.3. The number of nitrogens with zero attached hydrogens (tertiary/aromatic N) is 2. The van der Waals surface area contributed by atoms with Gasteiger partial charge in [0.05, 0.1) is 13.1 Å². The van der Waals surface area contributed by atoms with E-state index in [1.165, 1.54) is 45.2 Å². The van der Waals surface area contributed by atoms with E-state index in [9.17, 15) is 8.78 Å². The van der Waals surface area contributed by atoms with Crippen molar-refractivity contribution in [1.82, 2.24) is 9.80 Å². The predicted octanol–water partition coefficient (Wildman–Crippen LogP) is 4.15. The Kier molecular flexibility index (Phi) is 4.31. The van der Waals surface area contributed by atoms with E-state index < -0.39 is 5.92 Å². The summed E-state index contributed by atoms with van der Waals surface area (Å²) in [6, 6.07) is 0.426. The molecule has 22 heavy (non-hydrogen) atoms. The lowest BCUT2D eigenvalue weighted by atomic mass is 9.66. The van der Waals surface area contributed by atoms with Crippen LogP contribution in [-0.2, 0) is 0 Å². The Morgan fingerprint density at radius 1 is 1.00 bits per heavy atom. The summed E-state index contributed by atoms with van der Waals surface area (Å²) >= 11 is 0. The van der Waals surface area contributed by atoms with Gasteiger partial charge in [0.2, 0.25) is 0 Å². The molecule has 3 aliphatic rings. The monoisotopic (exact) mass is 314 g/mol. The summed E-state index contributed by atoms with van der Waals surface area (Å²) in [7, 11) is 0. The van der Waals surface area contributed by atoms with Crippen LogP contribution in [0.15, 0.2) is 0 Å². The van der Waals surface area contributed by atoms with E-state index in [4.69, 9.17) is 0 Å². The average Bonchev–Trinajstić information content (AvgIpc) is 2.46. The quantitative estimate of drug-likeness (QED) is 0.772. The second-order valence-electron chi connectivity index (χ2n) is 8.65. The molecule has 1 spiro atoms. The third-order valence-electron chi connectivity index (χ3n) is 6.95. The Balaban J connectivity index is 1.48. The molecule has 0 N–H and O–H groups in total. The molecule has 0 unspecified atom stereocenters. The van der Waals surface area contributed by atoms with E-state index >= 15 is 0 Å². The molecular formula is C18H32F2N2. The average molecular weight is 314 g/mol. The van der Waals surface area contributed by atoms with Gasteiger partial charge in [-0.1, -0.05) is 6.92 Å². The molecule has 0 atom stereocenters. The van der Waals surface area contributed by atoms with E-state index in [1.807, 2.05) is 4.90 Å². The molecule has 0 amide bonds. The van der Waals surface area contributed by atoms with Gasteiger partial charge in [-0.2, -0.15) is 0 Å². The fourth-order valence-electron chi connectivity index (χ4n) is 4.70. The summed E-state index contributed by atoms with van der Waals surface area (Å²) in [4.78, 5) is 4.67. The molecule has 3 fully saturated rings. The van der Waals surface area contributed by atoms with E-state index in [0.29, 0.717) is 17.0 Å². The van der Waals surface area contributed by atoms with Crippen molar-refractivity contribution in [3.8, 4) is 0 Å². The SMILES string of the molecule is CCC(C)(C)N1CCC2(CCC(N3CC(F)(F)C3)CC2)CC1. The standard InChI is InChI=1S/C18H32F2N2/c1-4-16(2,3)22-11-9-17(10-12-22)7-5-15(6-8-17)21-13-18(19,20)14-21/h15H,4-14H2,1-3H3. The van der Waals surface area contributed by atoms with Crippen molar-refractivity contribution in [3.63, 3.8) is 0 Å². The molecular weight excluding hydrogens is 282 g/mol. The van der Waals surface area contributed by atoms with E-state index in [-0.39, 0.29) is 13.1 Å². The zero-order valence-electron chi connectivity index (χ0n) is 14.5. The molecule has 2 aliphatic heterocycles. The van der Waals surface area contributed by atoms with Gasteiger partial charge in [0.25, 0.3) is 5.92 Å². The van der Waals surface area contributed by atoms with E-state index in [1.54, 1.807) is 0 Å². The summed E-state index contributed by atoms with van der Waals surface area (Å²) in [5, 5.41) is 0. The smallest absolute Gasteiger partial charge is 0.272 e. The molecule has 3 rings (SSSR count). The summed E-state index contributed by atoms with van der Waals surface area (Å²) in [6.07, 6.45) is 8.57. The molecule has 4 heteroatoms. The number of rotatable bonds is 3. The van der Waals surface area contributed by atoms with Crippen molar-refractivity contribution < 1.29 is 8.78 Å². The Bertz CT molecular complexity index is 382. The van der Waals surface area contributed by atoms with Crippen LogP contribution in [0.2, 0.25) is 0 Å². The van der Waals surface area contributed by atoms with Crippen LogP contribution in [0.5, 0.6) is 0 Å². The molecule has 0 aromatic heterocycles. The van der Waals surface area contributed by atoms with Gasteiger partial charge in [0, 0.05) is 11.6 Å². The second-order valence-corrected chi connectivity index (χ2v) is 8.65. The maximum Gasteiger partial charge on any atom is 0.272 e. The fraction of sp³-hybridized carbons (Fsp3) is 1.00. The highest BCUT2D eigenvalue weighted by molar-refractivity contribution is 4.98. The summed E-state index contributed by atoms with van der Waals surface area (Å²) in [5.41, 5.74) is 0.840. The molecule has 0 aromatic rings. The highest BCUT2D eigenvalue weighted by Gasteiger charge is 2.49. The number of hydrogen-bond donors (Lipinski definition) is 0. The molecule has 0 aromatic carbocycles. The third-order valence-corrected chi connectivity index (χ3v) is 6.95. The number of likely N-dealkylation sites (tertiary alicyclic amines) is 2. The van der Waals surface area contributed by atoms with Crippen LogP contribution in [0, 0.1) is 5.41 Å². The number of piperidine rings is 1. The molecule has 1 aliphatic carbocycles. The second kappa shape index (κ2) is 5.70. The number of hydrogen-bond acceptors (Lipinski definition) is 2. The Morgan fingerprint density at radius 3 is 2.00 bits per heavy atom. The maximum absolute atomic E-state index is 13.0. The molecule has 128 valence electrons. The first-order chi connectivity index (χ1) is 10.3. The molecule has 2 saturated heterocycles. The summed E-state index contributed by atoms with van der Waals surface area (Å²) in [6.45, 7) is 9.42. The van der Waals surface area contributed by atoms with Crippen molar-refractivity contribution in [2.75, 3.05) is 26.2 Å². The molecule has 2 heterocycles. The third kappa shape index (κ3) is 3.19. The van der Waals surface area contributed by atoms with Crippen LogP contribution in [0.1, 0.15) is 65.7 Å². The fourth-order valence-corrected chi connectivity index (χ4v) is 4.70. The topological polar surface area (TPSA) is 6.48 Å². The minimum absolute atomic E-state index is 0.00311.